The Morgan fingerprint density at radius 1 is 1.48 bits per heavy atom. The summed E-state index contributed by atoms with van der Waals surface area (Å²) in [5, 5.41) is 2.12. The number of rotatable bonds is 8. The largest absolute Gasteiger partial charge is 1.00 e. The number of benzene rings is 1. The first kappa shape index (κ1) is 21.3. The van der Waals surface area contributed by atoms with Gasteiger partial charge in [-0.05, 0) is 37.0 Å². The molecule has 1 rings (SSSR count). The Balaban J connectivity index is 0.00000484. The van der Waals surface area contributed by atoms with Crippen LogP contribution in [0, 0.1) is 12.3 Å². The van der Waals surface area contributed by atoms with Crippen molar-refractivity contribution in [1.82, 2.24) is 4.90 Å². The van der Waals surface area contributed by atoms with E-state index in [0.29, 0.717) is 24.9 Å². The molecule has 1 amide bonds. The van der Waals surface area contributed by atoms with Crippen molar-refractivity contribution < 1.29 is 27.3 Å². The normalized spacial score (nSPS) is 11.0. The number of hydrogen-bond donors (Lipinski definition) is 1. The van der Waals surface area contributed by atoms with Gasteiger partial charge in [-0.15, -0.1) is 6.42 Å². The van der Waals surface area contributed by atoms with Crippen molar-refractivity contribution >= 4 is 6.09 Å². The van der Waals surface area contributed by atoms with Crippen LogP contribution in [0.5, 0.6) is 5.75 Å². The van der Waals surface area contributed by atoms with Gasteiger partial charge in [0.1, 0.15) is 12.3 Å². The molecule has 1 atom stereocenters. The molecule has 0 saturated carbocycles. The molecule has 128 valence electrons. The summed E-state index contributed by atoms with van der Waals surface area (Å²) in [5.74, 6) is 3.21. The molecule has 0 bridgehead atoms. The van der Waals surface area contributed by atoms with Crippen LogP contribution in [0.25, 0.3) is 0 Å². The minimum Gasteiger partial charge on any atom is -1.00 e. The van der Waals surface area contributed by atoms with Gasteiger partial charge in [-0.2, -0.15) is 0 Å². The summed E-state index contributed by atoms with van der Waals surface area (Å²) in [6.45, 7) is 5.63. The molecule has 0 heterocycles. The first-order valence-corrected chi connectivity index (χ1v) is 7.85. The van der Waals surface area contributed by atoms with Gasteiger partial charge in [0, 0.05) is 20.0 Å². The van der Waals surface area contributed by atoms with Crippen molar-refractivity contribution in [2.75, 3.05) is 20.1 Å². The predicted octanol–water partition coefficient (Wildman–Crippen LogP) is -0.951. The van der Waals surface area contributed by atoms with Crippen molar-refractivity contribution in [3.63, 3.8) is 0 Å². The van der Waals surface area contributed by atoms with Gasteiger partial charge in [-0.25, -0.2) is 4.79 Å². The average molecular weight is 339 g/mol. The number of quaternary nitrogens is 1. The monoisotopic (exact) mass is 338 g/mol. The number of halogens is 1. The molecule has 4 nitrogen and oxygen atoms in total. The zero-order valence-electron chi connectivity index (χ0n) is 14.2. The van der Waals surface area contributed by atoms with Gasteiger partial charge in [-0.1, -0.05) is 25.5 Å². The summed E-state index contributed by atoms with van der Waals surface area (Å²) >= 11 is 0. The summed E-state index contributed by atoms with van der Waals surface area (Å²) in [6, 6.07) is 8.08. The molecule has 0 aromatic heterocycles. The highest BCUT2D eigenvalue weighted by Crippen LogP contribution is 2.15. The zero-order valence-corrected chi connectivity index (χ0v) is 15.0. The van der Waals surface area contributed by atoms with E-state index in [1.165, 1.54) is 0 Å². The maximum absolute atomic E-state index is 12.0. The number of terminal acetylenes is 1. The van der Waals surface area contributed by atoms with Gasteiger partial charge >= 0.3 is 6.09 Å². The second-order valence-electron chi connectivity index (χ2n) is 5.62. The standard InChI is InChI=1S/C18H26N2O2.ClH/c1-5-7-12-20(4)18(21)22-17-10-8-9-16(14-17)13-15(3)19-11-6-2;/h2,8-10,14-15,19H,5,7,11-13H2,1,3-4H3;1H. The third-order valence-electron chi connectivity index (χ3n) is 3.46. The second-order valence-corrected chi connectivity index (χ2v) is 5.62. The minimum absolute atomic E-state index is 0. The van der Waals surface area contributed by atoms with E-state index < -0.39 is 0 Å². The predicted molar refractivity (Wildman–Crippen MR) is 88.8 cm³/mol. The molecule has 0 aliphatic rings. The number of carbonyl (C=O) groups is 1. The molecular weight excluding hydrogens is 312 g/mol. The third-order valence-corrected chi connectivity index (χ3v) is 3.46. The lowest BCUT2D eigenvalue weighted by atomic mass is 10.1. The maximum Gasteiger partial charge on any atom is 0.414 e. The summed E-state index contributed by atoms with van der Waals surface area (Å²) < 4.78 is 5.42. The number of nitrogens with two attached hydrogens (primary N) is 1. The summed E-state index contributed by atoms with van der Waals surface area (Å²) in [7, 11) is 1.76. The van der Waals surface area contributed by atoms with E-state index in [2.05, 4.69) is 25.1 Å². The minimum atomic E-state index is -0.308. The molecule has 0 aliphatic heterocycles. The highest BCUT2D eigenvalue weighted by molar-refractivity contribution is 5.70. The summed E-state index contributed by atoms with van der Waals surface area (Å²) in [4.78, 5) is 13.6. The average Bonchev–Trinajstić information content (AvgIpc) is 2.50. The van der Waals surface area contributed by atoms with Crippen LogP contribution in [0.2, 0.25) is 0 Å². The lowest BCUT2D eigenvalue weighted by Gasteiger charge is -2.16. The molecule has 1 aromatic rings. The Hall–Kier alpha value is -1.70. The Morgan fingerprint density at radius 3 is 2.87 bits per heavy atom. The fourth-order valence-corrected chi connectivity index (χ4v) is 2.13. The van der Waals surface area contributed by atoms with Crippen LogP contribution in [0.1, 0.15) is 32.3 Å². The highest BCUT2D eigenvalue weighted by Gasteiger charge is 2.12. The molecule has 0 saturated heterocycles. The smallest absolute Gasteiger partial charge is 0.414 e. The summed E-state index contributed by atoms with van der Waals surface area (Å²) in [6.07, 6.45) is 7.88. The number of unbranched alkanes of at least 4 members (excludes halogenated alkanes) is 1. The fourth-order valence-electron chi connectivity index (χ4n) is 2.13. The number of carbonyl (C=O) groups excluding carboxylic acids is 1. The van der Waals surface area contributed by atoms with Gasteiger partial charge in [0.25, 0.3) is 0 Å². The van der Waals surface area contributed by atoms with Crippen molar-refractivity contribution in [2.24, 2.45) is 0 Å². The van der Waals surface area contributed by atoms with E-state index in [4.69, 9.17) is 11.2 Å². The molecular formula is C18H27ClN2O2. The molecule has 1 aromatic carbocycles. The third kappa shape index (κ3) is 8.49. The van der Waals surface area contributed by atoms with E-state index in [-0.39, 0.29) is 18.5 Å². The first-order chi connectivity index (χ1) is 10.6. The van der Waals surface area contributed by atoms with E-state index in [1.54, 1.807) is 11.9 Å². The quantitative estimate of drug-likeness (QED) is 0.621. The lowest BCUT2D eigenvalue weighted by molar-refractivity contribution is -0.675. The van der Waals surface area contributed by atoms with E-state index in [9.17, 15) is 4.79 Å². The van der Waals surface area contributed by atoms with E-state index >= 15 is 0 Å². The maximum atomic E-state index is 12.0. The molecule has 1 unspecified atom stereocenters. The van der Waals surface area contributed by atoms with Crippen LogP contribution in [0.3, 0.4) is 0 Å². The van der Waals surface area contributed by atoms with Crippen LogP contribution in [0.15, 0.2) is 24.3 Å². The van der Waals surface area contributed by atoms with Gasteiger partial charge in [-0.3, -0.25) is 0 Å². The van der Waals surface area contributed by atoms with Crippen LogP contribution >= 0.6 is 0 Å². The fraction of sp³-hybridized carbons (Fsp3) is 0.500. The van der Waals surface area contributed by atoms with Gasteiger partial charge < -0.3 is 27.4 Å². The lowest BCUT2D eigenvalue weighted by Crippen LogP contribution is -3.00. The molecule has 0 radical (unpaired) electrons. The number of amides is 1. The van der Waals surface area contributed by atoms with E-state index in [0.717, 1.165) is 24.8 Å². The van der Waals surface area contributed by atoms with E-state index in [1.807, 2.05) is 24.3 Å². The first-order valence-electron chi connectivity index (χ1n) is 7.85. The van der Waals surface area contributed by atoms with Gasteiger partial charge in [0.05, 0.1) is 6.04 Å². The van der Waals surface area contributed by atoms with Gasteiger partial charge in [0.15, 0.2) is 0 Å². The molecule has 0 aliphatic carbocycles. The Labute approximate surface area is 146 Å². The number of nitrogens with zero attached hydrogens (tertiary/aromatic N) is 1. The molecule has 0 spiro atoms. The number of hydrogen-bond acceptors (Lipinski definition) is 2. The Kier molecular flexibility index (Phi) is 10.9. The topological polar surface area (TPSA) is 46.1 Å². The second kappa shape index (κ2) is 11.8. The van der Waals surface area contributed by atoms with Crippen LogP contribution in [-0.2, 0) is 6.42 Å². The van der Waals surface area contributed by atoms with Crippen LogP contribution in [-0.4, -0.2) is 37.2 Å². The Bertz CT molecular complexity index is 514. The van der Waals surface area contributed by atoms with Gasteiger partial charge in [0.2, 0.25) is 0 Å². The van der Waals surface area contributed by atoms with Crippen LogP contribution in [0.4, 0.5) is 4.79 Å². The highest BCUT2D eigenvalue weighted by atomic mass is 35.5. The van der Waals surface area contributed by atoms with Crippen molar-refractivity contribution in [2.45, 2.75) is 39.2 Å². The number of ether oxygens (including phenoxy) is 1. The zero-order chi connectivity index (χ0) is 16.4. The molecule has 23 heavy (non-hydrogen) atoms. The van der Waals surface area contributed by atoms with Crippen LogP contribution < -0.4 is 22.5 Å². The van der Waals surface area contributed by atoms with Crippen molar-refractivity contribution in [3.8, 4) is 18.1 Å². The molecule has 2 N–H and O–H groups in total. The summed E-state index contributed by atoms with van der Waals surface area (Å²) in [5.41, 5.74) is 1.14. The van der Waals surface area contributed by atoms with Crippen molar-refractivity contribution in [1.29, 1.82) is 0 Å². The van der Waals surface area contributed by atoms with Crippen molar-refractivity contribution in [3.05, 3.63) is 29.8 Å². The SMILES string of the molecule is C#CC[NH2+]C(C)Cc1cccc(OC(=O)N(C)CCCC)c1.[Cl-]. The molecule has 5 heteroatoms. The molecule has 0 fully saturated rings. The Morgan fingerprint density at radius 2 is 2.22 bits per heavy atom.